The number of hydrogen-bond donors (Lipinski definition) is 3. The Bertz CT molecular complexity index is 563. The first kappa shape index (κ1) is 15.2. The van der Waals surface area contributed by atoms with Crippen LogP contribution in [-0.4, -0.2) is 41.4 Å². The zero-order chi connectivity index (χ0) is 15.1. The minimum Gasteiger partial charge on any atom is -0.483 e. The third kappa shape index (κ3) is 4.14. The first-order valence-corrected chi connectivity index (χ1v) is 7.26. The highest BCUT2D eigenvalue weighted by Crippen LogP contribution is 2.25. The summed E-state index contributed by atoms with van der Waals surface area (Å²) in [6.07, 6.45) is 0. The van der Waals surface area contributed by atoms with Gasteiger partial charge in [0, 0.05) is 25.7 Å². The Morgan fingerprint density at radius 2 is 2.10 bits per heavy atom. The second kappa shape index (κ2) is 7.55. The SMILES string of the molecule is Nc1nnc(N2CCNC(c3ccccc3)C2)s1.O=CO. The van der Waals surface area contributed by atoms with Crippen molar-refractivity contribution in [3.63, 3.8) is 0 Å². The fraction of sp³-hybridized carbons (Fsp3) is 0.308. The lowest BCUT2D eigenvalue weighted by molar-refractivity contribution is -0.122. The largest absolute Gasteiger partial charge is 0.483 e. The molecule has 1 saturated heterocycles. The maximum Gasteiger partial charge on any atom is 0.290 e. The second-order valence-electron chi connectivity index (χ2n) is 4.39. The van der Waals surface area contributed by atoms with Crippen molar-refractivity contribution in [2.24, 2.45) is 0 Å². The van der Waals surface area contributed by atoms with Gasteiger partial charge in [0.15, 0.2) is 0 Å². The van der Waals surface area contributed by atoms with E-state index in [1.807, 2.05) is 6.07 Å². The van der Waals surface area contributed by atoms with E-state index in [1.54, 1.807) is 0 Å². The van der Waals surface area contributed by atoms with Gasteiger partial charge < -0.3 is 21.1 Å². The predicted octanol–water partition coefficient (Wildman–Crippen LogP) is 0.972. The summed E-state index contributed by atoms with van der Waals surface area (Å²) >= 11 is 1.45. The molecule has 2 aromatic rings. The van der Waals surface area contributed by atoms with Gasteiger partial charge in [0.1, 0.15) is 0 Å². The summed E-state index contributed by atoms with van der Waals surface area (Å²) in [6.45, 7) is 2.54. The molecule has 1 fully saturated rings. The third-order valence-electron chi connectivity index (χ3n) is 3.08. The summed E-state index contributed by atoms with van der Waals surface area (Å²) in [6, 6.07) is 10.8. The Balaban J connectivity index is 0.000000497. The quantitative estimate of drug-likeness (QED) is 0.710. The lowest BCUT2D eigenvalue weighted by Crippen LogP contribution is -2.45. The van der Waals surface area contributed by atoms with E-state index in [0.717, 1.165) is 24.8 Å². The van der Waals surface area contributed by atoms with E-state index >= 15 is 0 Å². The highest BCUT2D eigenvalue weighted by molar-refractivity contribution is 7.18. The van der Waals surface area contributed by atoms with E-state index in [-0.39, 0.29) is 6.47 Å². The summed E-state index contributed by atoms with van der Waals surface area (Å²) in [5.74, 6) is 0. The van der Waals surface area contributed by atoms with Gasteiger partial charge in [-0.15, -0.1) is 10.2 Å². The maximum atomic E-state index is 8.36. The molecule has 8 heteroatoms. The van der Waals surface area contributed by atoms with Crippen molar-refractivity contribution in [2.75, 3.05) is 30.3 Å². The zero-order valence-corrected chi connectivity index (χ0v) is 12.2. The molecule has 0 bridgehead atoms. The second-order valence-corrected chi connectivity index (χ2v) is 5.38. The van der Waals surface area contributed by atoms with E-state index in [0.29, 0.717) is 11.2 Å². The Morgan fingerprint density at radius 3 is 2.71 bits per heavy atom. The number of benzene rings is 1. The fourth-order valence-electron chi connectivity index (χ4n) is 2.19. The highest BCUT2D eigenvalue weighted by Gasteiger charge is 2.22. The molecule has 3 rings (SSSR count). The van der Waals surface area contributed by atoms with Gasteiger partial charge in [0.05, 0.1) is 0 Å². The number of nitrogens with zero attached hydrogens (tertiary/aromatic N) is 3. The molecule has 21 heavy (non-hydrogen) atoms. The van der Waals surface area contributed by atoms with Crippen LogP contribution in [0.3, 0.4) is 0 Å². The van der Waals surface area contributed by atoms with Gasteiger partial charge >= 0.3 is 0 Å². The van der Waals surface area contributed by atoms with Crippen LogP contribution in [0.5, 0.6) is 0 Å². The molecule has 1 aliphatic rings. The van der Waals surface area contributed by atoms with Crippen LogP contribution in [0.4, 0.5) is 10.3 Å². The van der Waals surface area contributed by atoms with E-state index < -0.39 is 0 Å². The highest BCUT2D eigenvalue weighted by atomic mass is 32.1. The molecule has 0 saturated carbocycles. The van der Waals surface area contributed by atoms with E-state index in [9.17, 15) is 0 Å². The molecule has 7 nitrogen and oxygen atoms in total. The lowest BCUT2D eigenvalue weighted by atomic mass is 10.1. The number of nitrogen functional groups attached to an aromatic ring is 1. The average Bonchev–Trinajstić information content (AvgIpc) is 2.96. The Labute approximate surface area is 126 Å². The number of nitrogens with one attached hydrogen (secondary N) is 1. The van der Waals surface area contributed by atoms with Crippen LogP contribution in [0, 0.1) is 0 Å². The Hall–Kier alpha value is -2.19. The Kier molecular flexibility index (Phi) is 5.47. The minimum absolute atomic E-state index is 0.250. The summed E-state index contributed by atoms with van der Waals surface area (Å²) in [5.41, 5.74) is 6.94. The number of piperazine rings is 1. The van der Waals surface area contributed by atoms with Gasteiger partial charge in [-0.3, -0.25) is 4.79 Å². The fourth-order valence-corrected chi connectivity index (χ4v) is 2.83. The normalized spacial score (nSPS) is 17.7. The van der Waals surface area contributed by atoms with Gasteiger partial charge in [-0.25, -0.2) is 0 Å². The minimum atomic E-state index is -0.250. The van der Waals surface area contributed by atoms with Crippen LogP contribution < -0.4 is 16.0 Å². The predicted molar refractivity (Wildman–Crippen MR) is 82.4 cm³/mol. The number of carbonyl (C=O) groups is 1. The Morgan fingerprint density at radius 1 is 1.38 bits per heavy atom. The van der Waals surface area contributed by atoms with Gasteiger partial charge in [-0.1, -0.05) is 41.7 Å². The molecule has 1 atom stereocenters. The first-order chi connectivity index (χ1) is 10.2. The molecule has 0 aliphatic carbocycles. The zero-order valence-electron chi connectivity index (χ0n) is 11.3. The van der Waals surface area contributed by atoms with Crippen molar-refractivity contribution in [2.45, 2.75) is 6.04 Å². The van der Waals surface area contributed by atoms with Crippen molar-refractivity contribution in [3.8, 4) is 0 Å². The molecule has 4 N–H and O–H groups in total. The lowest BCUT2D eigenvalue weighted by Gasteiger charge is -2.33. The van der Waals surface area contributed by atoms with Crippen molar-refractivity contribution in [3.05, 3.63) is 35.9 Å². The van der Waals surface area contributed by atoms with Crippen molar-refractivity contribution < 1.29 is 9.90 Å². The number of rotatable bonds is 2. The monoisotopic (exact) mass is 307 g/mol. The molecule has 112 valence electrons. The first-order valence-electron chi connectivity index (χ1n) is 6.44. The van der Waals surface area contributed by atoms with Crippen molar-refractivity contribution in [1.29, 1.82) is 0 Å². The number of aromatic nitrogens is 2. The van der Waals surface area contributed by atoms with Crippen LogP contribution in [0.25, 0.3) is 0 Å². The standard InChI is InChI=1S/C12H15N5S.CH2O2/c13-11-15-16-12(18-11)17-7-6-14-10(8-17)9-4-2-1-3-5-9;2-1-3/h1-5,10,14H,6-8H2,(H2,13,15);1H,(H,2,3). The molecule has 0 amide bonds. The summed E-state index contributed by atoms with van der Waals surface area (Å²) in [5, 5.41) is 19.8. The summed E-state index contributed by atoms with van der Waals surface area (Å²) in [4.78, 5) is 10.6. The number of nitrogens with two attached hydrogens (primary N) is 1. The van der Waals surface area contributed by atoms with Crippen molar-refractivity contribution >= 4 is 28.1 Å². The molecular formula is C13H17N5O2S. The number of hydrogen-bond acceptors (Lipinski definition) is 7. The van der Waals surface area contributed by atoms with E-state index in [2.05, 4.69) is 44.7 Å². The van der Waals surface area contributed by atoms with Gasteiger partial charge in [-0.2, -0.15) is 0 Å². The molecule has 1 aromatic carbocycles. The molecular weight excluding hydrogens is 290 g/mol. The third-order valence-corrected chi connectivity index (χ3v) is 3.89. The topological polar surface area (TPSA) is 104 Å². The van der Waals surface area contributed by atoms with Gasteiger partial charge in [0.2, 0.25) is 10.3 Å². The van der Waals surface area contributed by atoms with Crippen LogP contribution in [0.1, 0.15) is 11.6 Å². The molecule has 1 aromatic heterocycles. The molecule has 1 aliphatic heterocycles. The van der Waals surface area contributed by atoms with Crippen LogP contribution in [0.2, 0.25) is 0 Å². The molecule has 2 heterocycles. The van der Waals surface area contributed by atoms with Crippen LogP contribution in [0.15, 0.2) is 30.3 Å². The van der Waals surface area contributed by atoms with Crippen LogP contribution in [-0.2, 0) is 4.79 Å². The van der Waals surface area contributed by atoms with Crippen molar-refractivity contribution in [1.82, 2.24) is 15.5 Å². The maximum absolute atomic E-state index is 8.36. The van der Waals surface area contributed by atoms with E-state index in [4.69, 9.17) is 15.6 Å². The molecule has 0 radical (unpaired) electrons. The summed E-state index contributed by atoms with van der Waals surface area (Å²) in [7, 11) is 0. The summed E-state index contributed by atoms with van der Waals surface area (Å²) < 4.78 is 0. The number of anilines is 2. The average molecular weight is 307 g/mol. The molecule has 0 spiro atoms. The smallest absolute Gasteiger partial charge is 0.290 e. The van der Waals surface area contributed by atoms with Gasteiger partial charge in [0.25, 0.3) is 6.47 Å². The number of carboxylic acid groups (broad SMARTS) is 1. The molecule has 1 unspecified atom stereocenters. The van der Waals surface area contributed by atoms with Crippen LogP contribution >= 0.6 is 11.3 Å². The van der Waals surface area contributed by atoms with E-state index in [1.165, 1.54) is 16.9 Å². The van der Waals surface area contributed by atoms with Gasteiger partial charge in [-0.05, 0) is 5.56 Å².